The fourth-order valence-corrected chi connectivity index (χ4v) is 4.42. The van der Waals surface area contributed by atoms with Crippen LogP contribution in [0.4, 0.5) is 9.93 Å². The maximum absolute atomic E-state index is 12.9. The van der Waals surface area contributed by atoms with Crippen LogP contribution in [0.15, 0.2) is 36.4 Å². The second-order valence-corrected chi connectivity index (χ2v) is 8.19. The molecule has 2 aromatic carbocycles. The van der Waals surface area contributed by atoms with Crippen molar-refractivity contribution in [1.82, 2.24) is 20.5 Å². The van der Waals surface area contributed by atoms with Gasteiger partial charge in [-0.05, 0) is 29.8 Å². The molecule has 0 unspecified atom stereocenters. The Morgan fingerprint density at radius 2 is 2.21 bits per heavy atom. The van der Waals surface area contributed by atoms with Crippen molar-refractivity contribution < 1.29 is 19.1 Å². The summed E-state index contributed by atoms with van der Waals surface area (Å²) in [6.45, 7) is 0.540. The van der Waals surface area contributed by atoms with E-state index in [1.54, 1.807) is 31.2 Å². The molecule has 0 saturated carbocycles. The molecule has 1 aliphatic heterocycles. The Labute approximate surface area is 194 Å². The molecule has 4 rings (SSSR count). The predicted molar refractivity (Wildman–Crippen MR) is 125 cm³/mol. The van der Waals surface area contributed by atoms with Gasteiger partial charge in [-0.3, -0.25) is 14.9 Å². The summed E-state index contributed by atoms with van der Waals surface area (Å²) in [6, 6.07) is 9.59. The van der Waals surface area contributed by atoms with E-state index in [0.29, 0.717) is 24.3 Å². The Kier molecular flexibility index (Phi) is 6.42. The van der Waals surface area contributed by atoms with Crippen molar-refractivity contribution in [2.45, 2.75) is 12.6 Å². The summed E-state index contributed by atoms with van der Waals surface area (Å²) in [5.74, 6) is 6.58. The Balaban J connectivity index is 1.60. The lowest BCUT2D eigenvalue weighted by Crippen LogP contribution is -2.46. The number of carbonyl (C=O) groups is 3. The van der Waals surface area contributed by atoms with Crippen LogP contribution in [0.5, 0.6) is 5.75 Å². The third-order valence-electron chi connectivity index (χ3n) is 5.10. The number of carbonyl (C=O) groups excluding carboxylic acids is 3. The number of anilines is 1. The number of nitrogens with one attached hydrogen (secondary N) is 3. The average molecular weight is 464 g/mol. The predicted octanol–water partition coefficient (Wildman–Crippen LogP) is 2.18. The minimum atomic E-state index is -0.711. The van der Waals surface area contributed by atoms with Crippen molar-refractivity contribution >= 4 is 45.0 Å². The largest absolute Gasteiger partial charge is 0.497 e. The number of imide groups is 1. The average Bonchev–Trinajstić information content (AvgIpc) is 3.38. The molecule has 3 N–H and O–H groups in total. The fraction of sp³-hybridized carbons (Fsp3) is 0.217. The molecule has 3 aromatic rings. The number of hydrogen-bond acceptors (Lipinski definition) is 7. The highest BCUT2D eigenvalue weighted by molar-refractivity contribution is 7.22. The van der Waals surface area contributed by atoms with E-state index in [4.69, 9.17) is 4.74 Å². The molecule has 33 heavy (non-hydrogen) atoms. The highest BCUT2D eigenvalue weighted by atomic mass is 32.1. The van der Waals surface area contributed by atoms with Crippen LogP contribution in [-0.2, 0) is 11.3 Å². The third kappa shape index (κ3) is 4.73. The molecular weight excluding hydrogens is 442 g/mol. The van der Waals surface area contributed by atoms with Crippen molar-refractivity contribution in [2.24, 2.45) is 0 Å². The smallest absolute Gasteiger partial charge is 0.322 e. The van der Waals surface area contributed by atoms with Gasteiger partial charge in [0.05, 0.1) is 23.9 Å². The monoisotopic (exact) mass is 463 g/mol. The molecule has 0 spiro atoms. The first-order valence-electron chi connectivity index (χ1n) is 10.1. The summed E-state index contributed by atoms with van der Waals surface area (Å²) >= 11 is 1.48. The summed E-state index contributed by atoms with van der Waals surface area (Å²) in [4.78, 5) is 41.7. The Bertz CT molecular complexity index is 1290. The van der Waals surface area contributed by atoms with Crippen molar-refractivity contribution in [1.29, 1.82) is 0 Å². The number of ether oxygens (including phenoxy) is 1. The minimum Gasteiger partial charge on any atom is -0.497 e. The quantitative estimate of drug-likeness (QED) is 0.382. The molecule has 10 heteroatoms. The van der Waals surface area contributed by atoms with Crippen molar-refractivity contribution in [3.05, 3.63) is 53.1 Å². The van der Waals surface area contributed by atoms with Gasteiger partial charge in [-0.1, -0.05) is 35.3 Å². The van der Waals surface area contributed by atoms with Crippen LogP contribution in [0.3, 0.4) is 0 Å². The summed E-state index contributed by atoms with van der Waals surface area (Å²) < 4.78 is 6.13. The van der Waals surface area contributed by atoms with Crippen LogP contribution in [0.25, 0.3) is 10.2 Å². The van der Waals surface area contributed by atoms with Gasteiger partial charge in [-0.2, -0.15) is 0 Å². The van der Waals surface area contributed by atoms with E-state index in [2.05, 4.69) is 27.5 Å². The van der Waals surface area contributed by atoms with Gasteiger partial charge in [0.25, 0.3) is 5.91 Å². The van der Waals surface area contributed by atoms with Gasteiger partial charge in [-0.25, -0.2) is 9.78 Å². The SMILES string of the molecule is CNc1nc2cccc(C#C[C@H](CN3Cc4ccc(OC)cc4C3=O)NC(=O)NC=O)c2s1. The number of rotatable bonds is 6. The number of amides is 4. The molecule has 0 aliphatic carbocycles. The lowest BCUT2D eigenvalue weighted by Gasteiger charge is -2.21. The summed E-state index contributed by atoms with van der Waals surface area (Å²) in [5.41, 5.74) is 3.01. The second kappa shape index (κ2) is 9.58. The third-order valence-corrected chi connectivity index (χ3v) is 6.23. The number of aromatic nitrogens is 1. The molecule has 1 aromatic heterocycles. The molecule has 1 atom stereocenters. The highest BCUT2D eigenvalue weighted by Crippen LogP contribution is 2.29. The van der Waals surface area contributed by atoms with E-state index in [0.717, 1.165) is 26.5 Å². The zero-order valence-electron chi connectivity index (χ0n) is 18.0. The van der Waals surface area contributed by atoms with Crippen LogP contribution in [0.2, 0.25) is 0 Å². The first-order chi connectivity index (χ1) is 16.0. The lowest BCUT2D eigenvalue weighted by molar-refractivity contribution is -0.108. The summed E-state index contributed by atoms with van der Waals surface area (Å²) in [6.07, 6.45) is 0.292. The first kappa shape index (κ1) is 22.1. The number of benzene rings is 2. The molecule has 2 heterocycles. The van der Waals surface area contributed by atoms with E-state index < -0.39 is 12.1 Å². The number of nitrogens with zero attached hydrogens (tertiary/aromatic N) is 2. The van der Waals surface area contributed by atoms with E-state index in [1.807, 2.05) is 29.6 Å². The van der Waals surface area contributed by atoms with E-state index in [-0.39, 0.29) is 12.5 Å². The molecular formula is C23H21N5O4S. The van der Waals surface area contributed by atoms with Gasteiger partial charge in [0.15, 0.2) is 5.13 Å². The number of urea groups is 1. The Hall–Kier alpha value is -4.10. The van der Waals surface area contributed by atoms with Crippen LogP contribution in [-0.4, -0.2) is 55.0 Å². The number of hydrogen-bond donors (Lipinski definition) is 3. The van der Waals surface area contributed by atoms with Crippen LogP contribution in [0, 0.1) is 11.8 Å². The number of thiazole rings is 1. The topological polar surface area (TPSA) is 113 Å². The summed E-state index contributed by atoms with van der Waals surface area (Å²) in [5, 5.41) is 8.50. The van der Waals surface area contributed by atoms with E-state index >= 15 is 0 Å². The zero-order chi connectivity index (χ0) is 23.4. The standard InChI is InChI=1S/C23H21N5O4S/c1-24-23-27-19-5-3-4-14(20(19)33-23)6-8-16(26-22(31)25-13-29)12-28-11-15-7-9-17(32-2)10-18(15)21(28)30/h3-5,7,9-10,13,16H,11-12H2,1-2H3,(H,24,27)(H2,25,26,29,31)/t16-/m1/s1. The van der Waals surface area contributed by atoms with E-state index in [9.17, 15) is 14.4 Å². The molecule has 168 valence electrons. The molecule has 9 nitrogen and oxygen atoms in total. The zero-order valence-corrected chi connectivity index (χ0v) is 18.8. The lowest BCUT2D eigenvalue weighted by atomic mass is 10.1. The van der Waals surface area contributed by atoms with Crippen LogP contribution >= 0.6 is 11.3 Å². The molecule has 1 aliphatic rings. The Morgan fingerprint density at radius 1 is 1.36 bits per heavy atom. The molecule has 0 fully saturated rings. The first-order valence-corrected chi connectivity index (χ1v) is 10.9. The molecule has 0 saturated heterocycles. The number of methoxy groups -OCH3 is 1. The van der Waals surface area contributed by atoms with Gasteiger partial charge >= 0.3 is 6.03 Å². The van der Waals surface area contributed by atoms with Gasteiger partial charge in [-0.15, -0.1) is 0 Å². The Morgan fingerprint density at radius 3 is 2.97 bits per heavy atom. The normalized spacial score (nSPS) is 13.0. The van der Waals surface area contributed by atoms with Gasteiger partial charge in [0.1, 0.15) is 11.8 Å². The number of fused-ring (bicyclic) bond motifs is 2. The van der Waals surface area contributed by atoms with E-state index in [1.165, 1.54) is 11.3 Å². The molecule has 0 radical (unpaired) electrons. The van der Waals surface area contributed by atoms with Crippen molar-refractivity contribution in [2.75, 3.05) is 26.0 Å². The van der Waals surface area contributed by atoms with Crippen molar-refractivity contribution in [3.8, 4) is 17.6 Å². The fourth-order valence-electron chi connectivity index (χ4n) is 3.54. The highest BCUT2D eigenvalue weighted by Gasteiger charge is 2.29. The second-order valence-electron chi connectivity index (χ2n) is 7.19. The van der Waals surface area contributed by atoms with Gasteiger partial charge in [0, 0.05) is 24.7 Å². The van der Waals surface area contributed by atoms with Crippen LogP contribution < -0.4 is 20.7 Å². The maximum Gasteiger partial charge on any atom is 0.322 e. The van der Waals surface area contributed by atoms with Gasteiger partial charge in [0.2, 0.25) is 6.41 Å². The molecule has 0 bridgehead atoms. The summed E-state index contributed by atoms with van der Waals surface area (Å²) in [7, 11) is 3.35. The molecule has 4 amide bonds. The van der Waals surface area contributed by atoms with Crippen molar-refractivity contribution in [3.63, 3.8) is 0 Å². The van der Waals surface area contributed by atoms with Gasteiger partial charge < -0.3 is 20.3 Å². The van der Waals surface area contributed by atoms with Crippen LogP contribution in [0.1, 0.15) is 21.5 Å². The maximum atomic E-state index is 12.9. The minimum absolute atomic E-state index is 0.148.